The molecule has 0 bridgehead atoms. The van der Waals surface area contributed by atoms with Gasteiger partial charge in [0.25, 0.3) is 0 Å². The molecular formula is C14H26N4. The molecule has 2 heterocycles. The van der Waals surface area contributed by atoms with Crippen molar-refractivity contribution in [1.82, 2.24) is 9.55 Å². The number of unbranched alkanes of at least 4 members (excludes halogenated alkanes) is 1. The predicted molar refractivity (Wildman–Crippen MR) is 75.9 cm³/mol. The quantitative estimate of drug-likeness (QED) is 0.872. The van der Waals surface area contributed by atoms with E-state index in [2.05, 4.69) is 29.5 Å². The number of hydrogen-bond acceptors (Lipinski definition) is 3. The van der Waals surface area contributed by atoms with Gasteiger partial charge in [-0.15, -0.1) is 0 Å². The Morgan fingerprint density at radius 1 is 1.44 bits per heavy atom. The molecule has 0 amide bonds. The van der Waals surface area contributed by atoms with Crippen LogP contribution in [0.3, 0.4) is 0 Å². The molecule has 0 aliphatic carbocycles. The molecule has 1 aliphatic rings. The van der Waals surface area contributed by atoms with E-state index in [1.807, 2.05) is 0 Å². The summed E-state index contributed by atoms with van der Waals surface area (Å²) in [5.41, 5.74) is 7.02. The lowest BCUT2D eigenvalue weighted by Gasteiger charge is -2.36. The summed E-state index contributed by atoms with van der Waals surface area (Å²) in [5, 5.41) is 0. The highest BCUT2D eigenvalue weighted by Gasteiger charge is 2.24. The van der Waals surface area contributed by atoms with Crippen LogP contribution < -0.4 is 10.6 Å². The van der Waals surface area contributed by atoms with Crippen molar-refractivity contribution in [2.45, 2.75) is 58.5 Å². The summed E-state index contributed by atoms with van der Waals surface area (Å²) in [6, 6.07) is 0.473. The number of hydrogen-bond donors (Lipinski definition) is 1. The van der Waals surface area contributed by atoms with Crippen LogP contribution in [0.25, 0.3) is 0 Å². The number of anilines is 1. The summed E-state index contributed by atoms with van der Waals surface area (Å²) in [6.45, 7) is 7.21. The third-order valence-electron chi connectivity index (χ3n) is 3.78. The van der Waals surface area contributed by atoms with Crippen molar-refractivity contribution in [1.29, 1.82) is 0 Å². The molecule has 2 rings (SSSR count). The number of nitrogens with zero attached hydrogens (tertiary/aromatic N) is 3. The average Bonchev–Trinajstić information content (AvgIpc) is 2.77. The van der Waals surface area contributed by atoms with Crippen LogP contribution in [-0.4, -0.2) is 28.7 Å². The molecular weight excluding hydrogens is 224 g/mol. The second-order valence-corrected chi connectivity index (χ2v) is 5.31. The topological polar surface area (TPSA) is 47.1 Å². The molecule has 0 radical (unpaired) electrons. The summed E-state index contributed by atoms with van der Waals surface area (Å²) in [4.78, 5) is 7.14. The van der Waals surface area contributed by atoms with Crippen molar-refractivity contribution in [3.05, 3.63) is 11.9 Å². The molecule has 4 heteroatoms. The smallest absolute Gasteiger partial charge is 0.206 e. The zero-order chi connectivity index (χ0) is 13.0. The molecule has 0 spiro atoms. The van der Waals surface area contributed by atoms with Crippen LogP contribution in [0.4, 0.5) is 5.95 Å². The molecule has 1 aromatic rings. The molecule has 1 unspecified atom stereocenters. The standard InChI is InChI=1S/C14H26N4/c1-3-4-8-17-11-12(2)16-14(17)18-9-6-5-7-13(18)10-15/h11,13H,3-10,15H2,1-2H3. The number of piperidine rings is 1. The summed E-state index contributed by atoms with van der Waals surface area (Å²) in [6.07, 6.45) is 8.37. The molecule has 1 saturated heterocycles. The van der Waals surface area contributed by atoms with E-state index in [1.165, 1.54) is 32.1 Å². The first kappa shape index (κ1) is 13.4. The highest BCUT2D eigenvalue weighted by molar-refractivity contribution is 5.36. The van der Waals surface area contributed by atoms with Crippen LogP contribution >= 0.6 is 0 Å². The Kier molecular flexibility index (Phi) is 4.64. The van der Waals surface area contributed by atoms with Gasteiger partial charge in [0.1, 0.15) is 0 Å². The maximum absolute atomic E-state index is 5.91. The molecule has 1 fully saturated rings. The molecule has 2 N–H and O–H groups in total. The second-order valence-electron chi connectivity index (χ2n) is 5.31. The largest absolute Gasteiger partial charge is 0.338 e. The first-order valence-corrected chi connectivity index (χ1v) is 7.26. The Hall–Kier alpha value is -1.03. The van der Waals surface area contributed by atoms with E-state index in [4.69, 9.17) is 10.7 Å². The maximum Gasteiger partial charge on any atom is 0.206 e. The summed E-state index contributed by atoms with van der Waals surface area (Å²) < 4.78 is 2.31. The van der Waals surface area contributed by atoms with Gasteiger partial charge in [0, 0.05) is 31.9 Å². The molecule has 102 valence electrons. The Labute approximate surface area is 110 Å². The lowest BCUT2D eigenvalue weighted by atomic mass is 10.0. The van der Waals surface area contributed by atoms with Crippen molar-refractivity contribution in [3.8, 4) is 0 Å². The van der Waals surface area contributed by atoms with Gasteiger partial charge in [-0.1, -0.05) is 13.3 Å². The number of imidazole rings is 1. The third kappa shape index (κ3) is 2.86. The Balaban J connectivity index is 2.19. The molecule has 1 aliphatic heterocycles. The van der Waals surface area contributed by atoms with E-state index < -0.39 is 0 Å². The van der Waals surface area contributed by atoms with Crippen LogP contribution in [0.1, 0.15) is 44.7 Å². The SMILES string of the molecule is CCCCn1cc(C)nc1N1CCCCC1CN. The Bertz CT molecular complexity index is 372. The van der Waals surface area contributed by atoms with Crippen molar-refractivity contribution < 1.29 is 0 Å². The van der Waals surface area contributed by atoms with Crippen molar-refractivity contribution in [3.63, 3.8) is 0 Å². The number of rotatable bonds is 5. The van der Waals surface area contributed by atoms with Gasteiger partial charge in [0.15, 0.2) is 0 Å². The highest BCUT2D eigenvalue weighted by Crippen LogP contribution is 2.24. The minimum atomic E-state index is 0.473. The predicted octanol–water partition coefficient (Wildman–Crippen LogP) is 2.31. The molecule has 1 aromatic heterocycles. The fourth-order valence-corrected chi connectivity index (χ4v) is 2.77. The van der Waals surface area contributed by atoms with E-state index in [1.54, 1.807) is 0 Å². The summed E-state index contributed by atoms with van der Waals surface area (Å²) in [5.74, 6) is 1.14. The van der Waals surface area contributed by atoms with E-state index in [-0.39, 0.29) is 0 Å². The average molecular weight is 250 g/mol. The van der Waals surface area contributed by atoms with Gasteiger partial charge >= 0.3 is 0 Å². The van der Waals surface area contributed by atoms with Gasteiger partial charge in [0.2, 0.25) is 5.95 Å². The monoisotopic (exact) mass is 250 g/mol. The van der Waals surface area contributed by atoms with Crippen LogP contribution in [-0.2, 0) is 6.54 Å². The Morgan fingerprint density at radius 3 is 3.00 bits per heavy atom. The first-order valence-electron chi connectivity index (χ1n) is 7.26. The van der Waals surface area contributed by atoms with E-state index in [0.29, 0.717) is 6.04 Å². The highest BCUT2D eigenvalue weighted by atomic mass is 15.3. The fraction of sp³-hybridized carbons (Fsp3) is 0.786. The molecule has 18 heavy (non-hydrogen) atoms. The van der Waals surface area contributed by atoms with Crippen molar-refractivity contribution in [2.75, 3.05) is 18.0 Å². The van der Waals surface area contributed by atoms with Gasteiger partial charge in [-0.2, -0.15) is 0 Å². The Morgan fingerprint density at radius 2 is 2.28 bits per heavy atom. The lowest BCUT2D eigenvalue weighted by molar-refractivity contribution is 0.449. The normalized spacial score (nSPS) is 20.4. The zero-order valence-electron chi connectivity index (χ0n) is 11.7. The van der Waals surface area contributed by atoms with Crippen LogP contribution in [0, 0.1) is 6.92 Å². The van der Waals surface area contributed by atoms with Gasteiger partial charge in [-0.05, 0) is 32.6 Å². The van der Waals surface area contributed by atoms with Crippen LogP contribution in [0.2, 0.25) is 0 Å². The molecule has 0 aromatic carbocycles. The van der Waals surface area contributed by atoms with E-state index in [0.717, 1.165) is 31.3 Å². The van der Waals surface area contributed by atoms with Crippen LogP contribution in [0.5, 0.6) is 0 Å². The second kappa shape index (κ2) is 6.23. The first-order chi connectivity index (χ1) is 8.76. The van der Waals surface area contributed by atoms with Crippen molar-refractivity contribution >= 4 is 5.95 Å². The zero-order valence-corrected chi connectivity index (χ0v) is 11.7. The van der Waals surface area contributed by atoms with Gasteiger partial charge in [-0.25, -0.2) is 4.98 Å². The molecule has 0 saturated carbocycles. The van der Waals surface area contributed by atoms with E-state index in [9.17, 15) is 0 Å². The summed E-state index contributed by atoms with van der Waals surface area (Å²) >= 11 is 0. The number of nitrogens with two attached hydrogens (primary N) is 1. The van der Waals surface area contributed by atoms with Gasteiger partial charge < -0.3 is 15.2 Å². The maximum atomic E-state index is 5.91. The molecule has 4 nitrogen and oxygen atoms in total. The molecule has 1 atom stereocenters. The van der Waals surface area contributed by atoms with E-state index >= 15 is 0 Å². The number of aromatic nitrogens is 2. The minimum Gasteiger partial charge on any atom is -0.338 e. The van der Waals surface area contributed by atoms with Crippen molar-refractivity contribution in [2.24, 2.45) is 5.73 Å². The fourth-order valence-electron chi connectivity index (χ4n) is 2.77. The van der Waals surface area contributed by atoms with Gasteiger partial charge in [-0.3, -0.25) is 0 Å². The third-order valence-corrected chi connectivity index (χ3v) is 3.78. The summed E-state index contributed by atoms with van der Waals surface area (Å²) in [7, 11) is 0. The number of aryl methyl sites for hydroxylation is 2. The van der Waals surface area contributed by atoms with Crippen LogP contribution in [0.15, 0.2) is 6.20 Å². The minimum absolute atomic E-state index is 0.473. The van der Waals surface area contributed by atoms with Gasteiger partial charge in [0.05, 0.1) is 5.69 Å². The lowest BCUT2D eigenvalue weighted by Crippen LogP contribution is -2.45.